The first-order valence-corrected chi connectivity index (χ1v) is 13.2. The molecular weight excluding hydrogens is 490 g/mol. The summed E-state index contributed by atoms with van der Waals surface area (Å²) in [6.45, 7) is 9.47. The summed E-state index contributed by atoms with van der Waals surface area (Å²) in [5, 5.41) is 27.0. The van der Waals surface area contributed by atoms with E-state index in [0.29, 0.717) is 18.5 Å². The highest BCUT2D eigenvalue weighted by atomic mass is 32.2. The minimum atomic E-state index is -1.60. The van der Waals surface area contributed by atoms with Crippen LogP contribution in [0.15, 0.2) is 61.2 Å². The van der Waals surface area contributed by atoms with Gasteiger partial charge in [-0.2, -0.15) is 0 Å². The highest BCUT2D eigenvalue weighted by molar-refractivity contribution is 8.00. The second-order valence-corrected chi connectivity index (χ2v) is 11.2. The Balaban J connectivity index is 1.86. The number of aromatic hydroxyl groups is 1. The summed E-state index contributed by atoms with van der Waals surface area (Å²) >= 11 is 1.46. The van der Waals surface area contributed by atoms with Gasteiger partial charge in [0.2, 0.25) is 5.91 Å². The number of aliphatic hydroxyl groups is 1. The molecule has 0 aliphatic carbocycles. The molecule has 9 heteroatoms. The number of carbonyl (C=O) groups is 3. The highest BCUT2D eigenvalue weighted by Crippen LogP contribution is 2.39. The fourth-order valence-electron chi connectivity index (χ4n) is 4.37. The average Bonchev–Trinajstić information content (AvgIpc) is 3.19. The summed E-state index contributed by atoms with van der Waals surface area (Å²) in [5.74, 6) is -1.23. The molecule has 1 aliphatic rings. The van der Waals surface area contributed by atoms with Crippen LogP contribution in [0.1, 0.15) is 41.8 Å². The summed E-state index contributed by atoms with van der Waals surface area (Å²) in [4.78, 5) is 41.2. The minimum Gasteiger partial charge on any atom is -0.508 e. The van der Waals surface area contributed by atoms with Gasteiger partial charge in [-0.05, 0) is 51.3 Å². The highest BCUT2D eigenvalue weighted by Gasteiger charge is 2.49. The molecule has 0 aromatic heterocycles. The summed E-state index contributed by atoms with van der Waals surface area (Å²) in [6.07, 6.45) is 0.895. The van der Waals surface area contributed by atoms with Crippen LogP contribution in [-0.2, 0) is 16.0 Å². The molecule has 8 nitrogen and oxygen atoms in total. The Morgan fingerprint density at radius 2 is 1.89 bits per heavy atom. The van der Waals surface area contributed by atoms with E-state index in [-0.39, 0.29) is 29.5 Å². The van der Waals surface area contributed by atoms with E-state index in [4.69, 9.17) is 0 Å². The van der Waals surface area contributed by atoms with Gasteiger partial charge in [0.1, 0.15) is 11.8 Å². The Labute approximate surface area is 222 Å². The average molecular weight is 526 g/mol. The number of nitrogens with zero attached hydrogens (tertiary/aromatic N) is 1. The molecule has 1 saturated heterocycles. The number of phenols is 1. The van der Waals surface area contributed by atoms with Crippen molar-refractivity contribution < 1.29 is 24.6 Å². The summed E-state index contributed by atoms with van der Waals surface area (Å²) in [6, 6.07) is 12.1. The van der Waals surface area contributed by atoms with Crippen molar-refractivity contribution in [3.05, 3.63) is 77.9 Å². The number of thioether (sulfide) groups is 1. The molecule has 4 N–H and O–H groups in total. The van der Waals surface area contributed by atoms with E-state index in [2.05, 4.69) is 17.2 Å². The Kier molecular flexibility index (Phi) is 9.39. The van der Waals surface area contributed by atoms with Crippen LogP contribution in [0.2, 0.25) is 0 Å². The maximum Gasteiger partial charge on any atom is 0.254 e. The summed E-state index contributed by atoms with van der Waals surface area (Å²) in [7, 11) is 0. The molecule has 3 atom stereocenters. The molecule has 2 aromatic rings. The molecule has 1 heterocycles. The van der Waals surface area contributed by atoms with E-state index < -0.39 is 34.7 Å². The second-order valence-electron chi connectivity index (χ2n) is 9.62. The van der Waals surface area contributed by atoms with Gasteiger partial charge in [0.05, 0.1) is 11.9 Å². The molecule has 0 spiro atoms. The largest absolute Gasteiger partial charge is 0.508 e. The molecule has 1 aliphatic heterocycles. The van der Waals surface area contributed by atoms with Crippen molar-refractivity contribution in [2.45, 2.75) is 56.5 Å². The van der Waals surface area contributed by atoms with E-state index in [1.807, 2.05) is 44.2 Å². The SMILES string of the molecule is C=CCCNC(=O)[C@H]1N(C(=O)[C@@H](O)[C@H](Cc2ccccc2)NC(=O)c2cccc(O)c2C)CSC1(C)C. The van der Waals surface area contributed by atoms with Gasteiger partial charge in [-0.25, -0.2) is 0 Å². The predicted octanol–water partition coefficient (Wildman–Crippen LogP) is 2.78. The third-order valence-electron chi connectivity index (χ3n) is 6.52. The van der Waals surface area contributed by atoms with Gasteiger partial charge in [-0.15, -0.1) is 18.3 Å². The summed E-state index contributed by atoms with van der Waals surface area (Å²) in [5.41, 5.74) is 1.46. The molecule has 2 aromatic carbocycles. The molecule has 3 rings (SSSR count). The first-order valence-electron chi connectivity index (χ1n) is 12.2. The van der Waals surface area contributed by atoms with Gasteiger partial charge in [0.25, 0.3) is 11.8 Å². The zero-order valence-corrected chi connectivity index (χ0v) is 22.3. The number of benzene rings is 2. The molecule has 198 valence electrons. The van der Waals surface area contributed by atoms with Crippen LogP contribution in [-0.4, -0.2) is 68.2 Å². The number of phenolic OH excluding ortho intramolecular Hbond substituents is 1. The van der Waals surface area contributed by atoms with Crippen LogP contribution in [0, 0.1) is 6.92 Å². The lowest BCUT2D eigenvalue weighted by Gasteiger charge is -2.33. The molecule has 0 unspecified atom stereocenters. The topological polar surface area (TPSA) is 119 Å². The lowest BCUT2D eigenvalue weighted by atomic mass is 9.96. The predicted molar refractivity (Wildman–Crippen MR) is 145 cm³/mol. The number of amides is 3. The van der Waals surface area contributed by atoms with Gasteiger partial charge in [0, 0.05) is 22.4 Å². The molecule has 1 fully saturated rings. The quantitative estimate of drug-likeness (QED) is 0.280. The van der Waals surface area contributed by atoms with Gasteiger partial charge in [-0.3, -0.25) is 14.4 Å². The van der Waals surface area contributed by atoms with Crippen molar-refractivity contribution in [2.24, 2.45) is 0 Å². The first kappa shape index (κ1) is 28.3. The minimum absolute atomic E-state index is 0.0227. The summed E-state index contributed by atoms with van der Waals surface area (Å²) < 4.78 is -0.565. The number of aliphatic hydroxyl groups excluding tert-OH is 1. The molecule has 37 heavy (non-hydrogen) atoms. The van der Waals surface area contributed by atoms with E-state index in [9.17, 15) is 24.6 Å². The number of nitrogens with one attached hydrogen (secondary N) is 2. The maximum absolute atomic E-state index is 13.6. The van der Waals surface area contributed by atoms with Gasteiger partial charge >= 0.3 is 0 Å². The first-order chi connectivity index (χ1) is 17.6. The van der Waals surface area contributed by atoms with Gasteiger partial charge in [-0.1, -0.05) is 42.5 Å². The monoisotopic (exact) mass is 525 g/mol. The van der Waals surface area contributed by atoms with E-state index in [0.717, 1.165) is 5.56 Å². The van der Waals surface area contributed by atoms with Crippen LogP contribution in [0.5, 0.6) is 5.75 Å². The van der Waals surface area contributed by atoms with Crippen molar-refractivity contribution in [2.75, 3.05) is 12.4 Å². The van der Waals surface area contributed by atoms with Crippen LogP contribution in [0.3, 0.4) is 0 Å². The van der Waals surface area contributed by atoms with Crippen LogP contribution >= 0.6 is 11.8 Å². The van der Waals surface area contributed by atoms with Crippen molar-refractivity contribution in [1.29, 1.82) is 0 Å². The van der Waals surface area contributed by atoms with Crippen molar-refractivity contribution in [3.63, 3.8) is 0 Å². The van der Waals surface area contributed by atoms with Crippen LogP contribution < -0.4 is 10.6 Å². The molecule has 0 radical (unpaired) electrons. The third kappa shape index (κ3) is 6.72. The van der Waals surface area contributed by atoms with E-state index >= 15 is 0 Å². The molecular formula is C28H35N3O5S. The van der Waals surface area contributed by atoms with E-state index in [1.165, 1.54) is 22.7 Å². The fraction of sp³-hybridized carbons (Fsp3) is 0.393. The van der Waals surface area contributed by atoms with Crippen LogP contribution in [0.25, 0.3) is 0 Å². The van der Waals surface area contributed by atoms with Gasteiger partial charge in [0.15, 0.2) is 6.10 Å². The number of carbonyl (C=O) groups excluding carboxylic acids is 3. The van der Waals surface area contributed by atoms with Crippen LogP contribution in [0.4, 0.5) is 0 Å². The van der Waals surface area contributed by atoms with Crippen molar-refractivity contribution in [1.82, 2.24) is 15.5 Å². The van der Waals surface area contributed by atoms with Crippen molar-refractivity contribution in [3.8, 4) is 5.75 Å². The Morgan fingerprint density at radius 3 is 2.57 bits per heavy atom. The Morgan fingerprint density at radius 1 is 1.19 bits per heavy atom. The molecule has 0 saturated carbocycles. The number of hydrogen-bond donors (Lipinski definition) is 4. The Bertz CT molecular complexity index is 1140. The van der Waals surface area contributed by atoms with E-state index in [1.54, 1.807) is 25.1 Å². The third-order valence-corrected chi connectivity index (χ3v) is 7.90. The number of hydrogen-bond acceptors (Lipinski definition) is 6. The lowest BCUT2D eigenvalue weighted by molar-refractivity contribution is -0.147. The molecule has 3 amide bonds. The second kappa shape index (κ2) is 12.3. The maximum atomic E-state index is 13.6. The van der Waals surface area contributed by atoms with Gasteiger partial charge < -0.3 is 25.7 Å². The number of rotatable bonds is 10. The normalized spacial score (nSPS) is 18.1. The fourth-order valence-corrected chi connectivity index (χ4v) is 5.51. The Hall–Kier alpha value is -3.30. The standard InChI is InChI=1S/C28H35N3O5S/c1-5-6-15-29-26(35)24-28(3,4)37-17-31(24)27(36)23(33)21(16-19-11-8-7-9-12-19)30-25(34)20-13-10-14-22(32)18(20)2/h5,7-14,21,23-24,32-33H,1,6,15-17H2,2-4H3,(H,29,35)(H,30,34)/t21-,23-,24+/m0/s1. The van der Waals surface area contributed by atoms with Crippen molar-refractivity contribution >= 4 is 29.5 Å². The molecule has 0 bridgehead atoms. The smallest absolute Gasteiger partial charge is 0.254 e. The zero-order valence-electron chi connectivity index (χ0n) is 21.4. The lowest BCUT2D eigenvalue weighted by Crippen LogP contribution is -2.58. The zero-order chi connectivity index (χ0) is 27.2.